The summed E-state index contributed by atoms with van der Waals surface area (Å²) in [4.78, 5) is 25.5. The van der Waals surface area contributed by atoms with Gasteiger partial charge in [-0.25, -0.2) is 9.59 Å². The minimum Gasteiger partial charge on any atom is -0.497 e. The smallest absolute Gasteiger partial charge is 0.338 e. The van der Waals surface area contributed by atoms with Crippen LogP contribution in [0.25, 0.3) is 0 Å². The molecule has 1 aliphatic rings. The number of methoxy groups -OCH3 is 2. The minimum absolute atomic E-state index is 0.0669. The summed E-state index contributed by atoms with van der Waals surface area (Å²) in [5.41, 5.74) is -2.59. The van der Waals surface area contributed by atoms with E-state index >= 15 is 0 Å². The first-order chi connectivity index (χ1) is 21.0. The fourth-order valence-corrected chi connectivity index (χ4v) is 5.40. The molecule has 3 rings (SSSR count). The molecule has 44 heavy (non-hydrogen) atoms. The largest absolute Gasteiger partial charge is 0.497 e. The maximum atomic E-state index is 12.9. The summed E-state index contributed by atoms with van der Waals surface area (Å²) in [7, 11) is 2.84. The second-order valence-corrected chi connectivity index (χ2v) is 11.0. The van der Waals surface area contributed by atoms with E-state index in [-0.39, 0.29) is 11.1 Å². The minimum atomic E-state index is -1.72. The maximum Gasteiger partial charge on any atom is 0.338 e. The number of aliphatic hydroxyl groups excluding tert-OH is 6. The Kier molecular flexibility index (Phi) is 13.6. The zero-order valence-electron chi connectivity index (χ0n) is 24.3. The van der Waals surface area contributed by atoms with Crippen molar-refractivity contribution in [3.63, 3.8) is 0 Å². The van der Waals surface area contributed by atoms with Gasteiger partial charge in [-0.05, 0) is 43.3 Å². The molecular weight excluding hydrogens is 604 g/mol. The molecule has 1 aliphatic heterocycles. The lowest BCUT2D eigenvalue weighted by atomic mass is 10.00. The van der Waals surface area contributed by atoms with Crippen LogP contribution in [0.2, 0.25) is 0 Å². The molecule has 6 N–H and O–H groups in total. The molecule has 0 aliphatic carbocycles. The Morgan fingerprint density at radius 3 is 2.05 bits per heavy atom. The summed E-state index contributed by atoms with van der Waals surface area (Å²) in [6.07, 6.45) is -10.3. The number of carbonyl (C=O) groups excluding carboxylic acids is 2. The molecule has 0 radical (unpaired) electrons. The van der Waals surface area contributed by atoms with E-state index in [1.54, 1.807) is 24.3 Å². The molecule has 0 amide bonds. The van der Waals surface area contributed by atoms with Gasteiger partial charge in [0.25, 0.3) is 0 Å². The normalized spacial score (nSPS) is 24.4. The zero-order valence-corrected chi connectivity index (χ0v) is 25.1. The van der Waals surface area contributed by atoms with Gasteiger partial charge >= 0.3 is 11.9 Å². The van der Waals surface area contributed by atoms with Gasteiger partial charge in [0, 0.05) is 0 Å². The number of benzene rings is 2. The first-order valence-corrected chi connectivity index (χ1v) is 14.5. The van der Waals surface area contributed by atoms with E-state index in [0.717, 1.165) is 0 Å². The van der Waals surface area contributed by atoms with Crippen LogP contribution >= 0.6 is 11.8 Å². The van der Waals surface area contributed by atoms with Gasteiger partial charge in [0.15, 0.2) is 6.10 Å². The van der Waals surface area contributed by atoms with Crippen LogP contribution in [0.4, 0.5) is 0 Å². The van der Waals surface area contributed by atoms with Crippen molar-refractivity contribution in [1.29, 1.82) is 0 Å². The number of ether oxygens (including phenoxy) is 6. The van der Waals surface area contributed by atoms with Crippen LogP contribution in [0.15, 0.2) is 48.5 Å². The number of hydrogen-bond acceptors (Lipinski definition) is 15. The number of thioether (sulfide) groups is 1. The van der Waals surface area contributed by atoms with E-state index < -0.39 is 85.4 Å². The van der Waals surface area contributed by atoms with Crippen LogP contribution in [0, 0.1) is 0 Å². The quantitative estimate of drug-likeness (QED) is 0.109. The average molecular weight is 643 g/mol. The van der Waals surface area contributed by atoms with Gasteiger partial charge in [0.2, 0.25) is 0 Å². The SMILES string of the molecule is COc1cccc(C(=O)OCC(O)C(OC(CO)[C@@H](C)O)S[C@@H]2O[C@H](CO)C(O)C(OC(=O)c3cccc(OC)c3)C2O)c1. The molecule has 244 valence electrons. The van der Waals surface area contributed by atoms with Crippen LogP contribution in [-0.4, -0.2) is 130 Å². The highest BCUT2D eigenvalue weighted by Crippen LogP contribution is 2.35. The molecule has 0 bridgehead atoms. The summed E-state index contributed by atoms with van der Waals surface area (Å²) in [6.45, 7) is -0.653. The highest BCUT2D eigenvalue weighted by molar-refractivity contribution is 8.00. The highest BCUT2D eigenvalue weighted by Gasteiger charge is 2.48. The summed E-state index contributed by atoms with van der Waals surface area (Å²) in [5.74, 6) is -0.916. The van der Waals surface area contributed by atoms with E-state index in [4.69, 9.17) is 28.4 Å². The summed E-state index contributed by atoms with van der Waals surface area (Å²) >= 11 is 0.639. The zero-order chi connectivity index (χ0) is 32.4. The molecule has 2 aromatic carbocycles. The summed E-state index contributed by atoms with van der Waals surface area (Å²) in [5, 5.41) is 62.5. The van der Waals surface area contributed by atoms with Gasteiger partial charge in [-0.3, -0.25) is 0 Å². The first-order valence-electron chi connectivity index (χ1n) is 13.6. The fraction of sp³-hybridized carbons (Fsp3) is 0.517. The second-order valence-electron chi connectivity index (χ2n) is 9.81. The average Bonchev–Trinajstić information content (AvgIpc) is 3.04. The standard InChI is InChI=1S/C29H38O14S/c1-15(32)21(12-30)41-28(20(33)14-40-26(36)16-6-4-8-18(10-16)38-2)44-29-24(35)25(23(34)22(13-31)42-29)43-27(37)17-7-5-9-19(11-17)39-3/h4-11,15,20-25,28-35H,12-14H2,1-3H3/t15-,20?,21?,22-,23?,24?,25?,28?,29+/m1/s1. The van der Waals surface area contributed by atoms with Crippen molar-refractivity contribution >= 4 is 23.7 Å². The molecule has 0 aromatic heterocycles. The molecule has 2 aromatic rings. The van der Waals surface area contributed by atoms with Gasteiger partial charge in [-0.1, -0.05) is 23.9 Å². The third-order valence-corrected chi connectivity index (χ3v) is 8.02. The maximum absolute atomic E-state index is 12.9. The highest BCUT2D eigenvalue weighted by atomic mass is 32.2. The molecule has 1 fully saturated rings. The van der Waals surface area contributed by atoms with E-state index in [0.29, 0.717) is 23.3 Å². The number of carbonyl (C=O) groups is 2. The van der Waals surface area contributed by atoms with Gasteiger partial charge in [-0.15, -0.1) is 0 Å². The van der Waals surface area contributed by atoms with Crippen LogP contribution in [0.1, 0.15) is 27.6 Å². The van der Waals surface area contributed by atoms with Crippen molar-refractivity contribution in [1.82, 2.24) is 0 Å². The number of aliphatic hydroxyl groups is 6. The van der Waals surface area contributed by atoms with Crippen molar-refractivity contribution in [3.8, 4) is 11.5 Å². The molecule has 15 heteroatoms. The lowest BCUT2D eigenvalue weighted by Crippen LogP contribution is -2.59. The molecular formula is C29H38O14S. The topological polar surface area (TPSA) is 211 Å². The molecule has 1 heterocycles. The molecule has 1 saturated heterocycles. The van der Waals surface area contributed by atoms with Crippen molar-refractivity contribution in [3.05, 3.63) is 59.7 Å². The Morgan fingerprint density at radius 2 is 1.52 bits per heavy atom. The van der Waals surface area contributed by atoms with Gasteiger partial charge in [-0.2, -0.15) is 0 Å². The van der Waals surface area contributed by atoms with Crippen molar-refractivity contribution < 1.29 is 68.6 Å². The van der Waals surface area contributed by atoms with Crippen molar-refractivity contribution in [2.24, 2.45) is 0 Å². The monoisotopic (exact) mass is 642 g/mol. The van der Waals surface area contributed by atoms with E-state index in [2.05, 4.69) is 0 Å². The van der Waals surface area contributed by atoms with Gasteiger partial charge in [0.05, 0.1) is 44.7 Å². The fourth-order valence-electron chi connectivity index (χ4n) is 4.15. The summed E-state index contributed by atoms with van der Waals surface area (Å²) < 4.78 is 32.2. The Morgan fingerprint density at radius 1 is 0.932 bits per heavy atom. The third kappa shape index (κ3) is 9.26. The van der Waals surface area contributed by atoms with E-state index in [1.165, 1.54) is 45.4 Å². The third-order valence-electron chi connectivity index (χ3n) is 6.67. The Balaban J connectivity index is 1.79. The first kappa shape index (κ1) is 35.5. The molecule has 9 atom stereocenters. The Hall–Kier alpha value is -2.99. The van der Waals surface area contributed by atoms with Crippen LogP contribution in [-0.2, 0) is 18.9 Å². The van der Waals surface area contributed by atoms with Crippen LogP contribution in [0.5, 0.6) is 11.5 Å². The number of rotatable bonds is 15. The summed E-state index contributed by atoms with van der Waals surface area (Å²) in [6, 6.07) is 12.1. The van der Waals surface area contributed by atoms with Gasteiger partial charge in [0.1, 0.15) is 59.5 Å². The lowest BCUT2D eigenvalue weighted by molar-refractivity contribution is -0.207. The Labute approximate surface area is 258 Å². The van der Waals surface area contributed by atoms with Crippen molar-refractivity contribution in [2.45, 2.75) is 60.5 Å². The predicted molar refractivity (Wildman–Crippen MR) is 154 cm³/mol. The molecule has 14 nitrogen and oxygen atoms in total. The van der Waals surface area contributed by atoms with E-state index in [1.807, 2.05) is 0 Å². The van der Waals surface area contributed by atoms with Crippen molar-refractivity contribution in [2.75, 3.05) is 34.0 Å². The predicted octanol–water partition coefficient (Wildman–Crippen LogP) is -0.296. The molecule has 0 spiro atoms. The Bertz CT molecular complexity index is 1210. The van der Waals surface area contributed by atoms with Crippen LogP contribution in [0.3, 0.4) is 0 Å². The number of hydrogen-bond donors (Lipinski definition) is 6. The van der Waals surface area contributed by atoms with Crippen LogP contribution < -0.4 is 9.47 Å². The van der Waals surface area contributed by atoms with Gasteiger partial charge < -0.3 is 59.1 Å². The molecule has 6 unspecified atom stereocenters. The van der Waals surface area contributed by atoms with E-state index in [9.17, 15) is 40.2 Å². The molecule has 0 saturated carbocycles. The lowest BCUT2D eigenvalue weighted by Gasteiger charge is -2.42. The number of esters is 2. The second kappa shape index (κ2) is 16.9.